The fraction of sp³-hybridized carbons (Fsp3) is 0.407. The Balaban J connectivity index is 1.15. The van der Waals surface area contributed by atoms with Crippen LogP contribution in [0.2, 0.25) is 0 Å². The smallest absolute Gasteiger partial charge is 0.270 e. The van der Waals surface area contributed by atoms with Gasteiger partial charge in [0, 0.05) is 37.0 Å². The molecule has 10 nitrogen and oxygen atoms in total. The van der Waals surface area contributed by atoms with Gasteiger partial charge in [0.05, 0.1) is 35.4 Å². The number of sulfonamides is 1. The van der Waals surface area contributed by atoms with Gasteiger partial charge in [-0.25, -0.2) is 18.4 Å². The highest BCUT2D eigenvalue weighted by Gasteiger charge is 2.33. The normalized spacial score (nSPS) is 16.2. The van der Waals surface area contributed by atoms with Gasteiger partial charge in [-0.05, 0) is 50.8 Å². The first-order valence-corrected chi connectivity index (χ1v) is 14.5. The van der Waals surface area contributed by atoms with Gasteiger partial charge in [0.1, 0.15) is 5.69 Å². The van der Waals surface area contributed by atoms with Crippen LogP contribution < -0.4 is 5.32 Å². The van der Waals surface area contributed by atoms with Gasteiger partial charge in [-0.2, -0.15) is 9.40 Å². The van der Waals surface area contributed by atoms with Crippen LogP contribution in [0, 0.1) is 6.92 Å². The Kier molecular flexibility index (Phi) is 6.07. The van der Waals surface area contributed by atoms with Crippen molar-refractivity contribution >= 4 is 21.7 Å². The van der Waals surface area contributed by atoms with Gasteiger partial charge >= 0.3 is 0 Å². The number of hydrogen-bond donors (Lipinski definition) is 1. The van der Waals surface area contributed by atoms with Gasteiger partial charge in [0.25, 0.3) is 5.91 Å². The molecule has 1 aromatic carbocycles. The van der Waals surface area contributed by atoms with Crippen LogP contribution in [0.15, 0.2) is 42.7 Å². The fourth-order valence-corrected chi connectivity index (χ4v) is 6.12. The summed E-state index contributed by atoms with van der Waals surface area (Å²) in [5.74, 6) is 0.730. The first kappa shape index (κ1) is 24.7. The minimum absolute atomic E-state index is 0.154. The first-order chi connectivity index (χ1) is 18.2. The number of amides is 1. The van der Waals surface area contributed by atoms with E-state index in [1.165, 1.54) is 0 Å². The lowest BCUT2D eigenvalue weighted by Gasteiger charge is -2.28. The van der Waals surface area contributed by atoms with E-state index in [-0.39, 0.29) is 5.91 Å². The number of fused-ring (bicyclic) bond motifs is 2. The third-order valence-electron chi connectivity index (χ3n) is 7.24. The van der Waals surface area contributed by atoms with E-state index in [9.17, 15) is 13.2 Å². The lowest BCUT2D eigenvalue weighted by molar-refractivity contribution is 0.0944. The van der Waals surface area contributed by atoms with Crippen molar-refractivity contribution in [3.8, 4) is 11.3 Å². The van der Waals surface area contributed by atoms with Crippen LogP contribution in [0.25, 0.3) is 17.0 Å². The molecule has 0 atom stereocenters. The van der Waals surface area contributed by atoms with Gasteiger partial charge in [0.2, 0.25) is 15.8 Å². The van der Waals surface area contributed by atoms with Crippen LogP contribution in [0.4, 0.5) is 0 Å². The average molecular weight is 534 g/mol. The van der Waals surface area contributed by atoms with E-state index in [2.05, 4.69) is 15.3 Å². The Morgan fingerprint density at radius 2 is 1.92 bits per heavy atom. The van der Waals surface area contributed by atoms with Crippen molar-refractivity contribution in [1.29, 1.82) is 0 Å². The molecule has 0 spiro atoms. The molecule has 0 unspecified atom stereocenters. The van der Waals surface area contributed by atoms with Crippen LogP contribution >= 0.6 is 0 Å². The largest absolute Gasteiger partial charge is 0.347 e. The molecule has 1 amide bonds. The lowest BCUT2D eigenvalue weighted by atomic mass is 10.1. The predicted octanol–water partition coefficient (Wildman–Crippen LogP) is 3.26. The highest BCUT2D eigenvalue weighted by molar-refractivity contribution is 7.89. The molecule has 38 heavy (non-hydrogen) atoms. The fourth-order valence-electron chi connectivity index (χ4n) is 4.87. The number of nitrogens with zero attached hydrogens (tertiary/aromatic N) is 6. The number of carbonyl (C=O) groups is 1. The van der Waals surface area contributed by atoms with E-state index >= 15 is 0 Å². The number of carbonyl (C=O) groups excluding carboxylic acids is 1. The van der Waals surface area contributed by atoms with Crippen molar-refractivity contribution < 1.29 is 13.2 Å². The van der Waals surface area contributed by atoms with E-state index < -0.39 is 15.3 Å². The summed E-state index contributed by atoms with van der Waals surface area (Å²) in [6, 6.07) is 9.88. The van der Waals surface area contributed by atoms with Gasteiger partial charge in [0.15, 0.2) is 0 Å². The monoisotopic (exact) mass is 533 g/mol. The lowest BCUT2D eigenvalue weighted by Crippen LogP contribution is -2.41. The molecule has 0 radical (unpaired) electrons. The Morgan fingerprint density at radius 3 is 2.63 bits per heavy atom. The number of imidazole rings is 1. The van der Waals surface area contributed by atoms with Gasteiger partial charge in [-0.1, -0.05) is 24.3 Å². The van der Waals surface area contributed by atoms with Crippen molar-refractivity contribution in [3.63, 3.8) is 0 Å². The Morgan fingerprint density at radius 1 is 1.16 bits per heavy atom. The van der Waals surface area contributed by atoms with Crippen molar-refractivity contribution in [2.45, 2.75) is 64.4 Å². The van der Waals surface area contributed by atoms with Gasteiger partial charge < -0.3 is 5.32 Å². The minimum atomic E-state index is -3.30. The molecule has 0 bridgehead atoms. The maximum Gasteiger partial charge on any atom is 0.270 e. The van der Waals surface area contributed by atoms with E-state index in [0.717, 1.165) is 46.6 Å². The van der Waals surface area contributed by atoms with Gasteiger partial charge in [-0.15, -0.1) is 0 Å². The molecule has 1 saturated carbocycles. The Bertz CT molecular complexity index is 1630. The van der Waals surface area contributed by atoms with Crippen LogP contribution in [0.5, 0.6) is 0 Å². The molecular formula is C27H31N7O3S. The molecular weight excluding hydrogens is 502 g/mol. The number of nitrogens with one attached hydrogen (secondary N) is 1. The minimum Gasteiger partial charge on any atom is -0.347 e. The number of benzene rings is 1. The molecule has 1 aliphatic carbocycles. The zero-order chi connectivity index (χ0) is 26.6. The summed E-state index contributed by atoms with van der Waals surface area (Å²) >= 11 is 0. The third kappa shape index (κ3) is 4.49. The van der Waals surface area contributed by atoms with Crippen molar-refractivity contribution in [2.75, 3.05) is 6.54 Å². The number of aryl methyl sites for hydroxylation is 1. The molecule has 11 heteroatoms. The third-order valence-corrected chi connectivity index (χ3v) is 9.46. The van der Waals surface area contributed by atoms with E-state index in [1.54, 1.807) is 28.8 Å². The first-order valence-electron chi connectivity index (χ1n) is 13.0. The van der Waals surface area contributed by atoms with Gasteiger partial charge in [-0.3, -0.25) is 13.9 Å². The molecule has 3 aromatic heterocycles. The van der Waals surface area contributed by atoms with Crippen molar-refractivity contribution in [2.24, 2.45) is 0 Å². The molecule has 4 aromatic rings. The number of aromatic nitrogens is 5. The maximum atomic E-state index is 13.2. The molecule has 6 rings (SSSR count). The molecule has 1 fully saturated rings. The molecule has 1 N–H and O–H groups in total. The summed E-state index contributed by atoms with van der Waals surface area (Å²) in [7, 11) is -3.30. The highest BCUT2D eigenvalue weighted by atomic mass is 32.2. The number of hydrogen-bond acceptors (Lipinski definition) is 6. The van der Waals surface area contributed by atoms with Crippen LogP contribution in [-0.4, -0.2) is 54.6 Å². The Hall–Kier alpha value is -3.57. The summed E-state index contributed by atoms with van der Waals surface area (Å²) in [6.07, 6.45) is 5.77. The van der Waals surface area contributed by atoms with Crippen LogP contribution in [0.3, 0.4) is 0 Å². The van der Waals surface area contributed by atoms with Crippen LogP contribution in [0.1, 0.15) is 65.6 Å². The van der Waals surface area contributed by atoms with Crippen LogP contribution in [-0.2, 0) is 29.7 Å². The standard InChI is InChI=1S/C27H31N7O3S/c1-17(2)38(36,37)32-10-11-34-22(16-32)12-23(31-34)20-6-4-19(5-7-20)14-28-26(35)25-24(21-8-9-21)30-27-29-13-18(3)15-33(25)27/h4-7,12-13,15,17,21H,8-11,14,16H2,1-3H3,(H,28,35). The van der Waals surface area contributed by atoms with Crippen molar-refractivity contribution in [3.05, 3.63) is 70.9 Å². The highest BCUT2D eigenvalue weighted by Crippen LogP contribution is 2.41. The maximum absolute atomic E-state index is 13.2. The zero-order valence-corrected chi connectivity index (χ0v) is 22.6. The summed E-state index contributed by atoms with van der Waals surface area (Å²) in [5, 5.41) is 7.31. The molecule has 198 valence electrons. The summed E-state index contributed by atoms with van der Waals surface area (Å²) < 4.78 is 30.4. The second kappa shape index (κ2) is 9.32. The molecule has 4 heterocycles. The van der Waals surface area contributed by atoms with E-state index in [4.69, 9.17) is 5.10 Å². The van der Waals surface area contributed by atoms with E-state index in [0.29, 0.717) is 43.6 Å². The van der Waals surface area contributed by atoms with Crippen molar-refractivity contribution in [1.82, 2.24) is 33.8 Å². The second-order valence-corrected chi connectivity index (χ2v) is 13.0. The average Bonchev–Trinajstić information content (AvgIpc) is 3.55. The summed E-state index contributed by atoms with van der Waals surface area (Å²) in [5.41, 5.74) is 5.98. The molecule has 1 aliphatic heterocycles. The zero-order valence-electron chi connectivity index (χ0n) is 21.8. The molecule has 0 saturated heterocycles. The SMILES string of the molecule is Cc1cnc2nc(C3CC3)c(C(=O)NCc3ccc(-c4cc5n(n4)CCN(S(=O)(=O)C(C)C)C5)cc3)n2c1. The topological polar surface area (TPSA) is 114 Å². The predicted molar refractivity (Wildman–Crippen MR) is 143 cm³/mol. The number of rotatable bonds is 7. The van der Waals surface area contributed by atoms with E-state index in [1.807, 2.05) is 48.1 Å². The summed E-state index contributed by atoms with van der Waals surface area (Å²) in [4.78, 5) is 22.3. The molecule has 2 aliphatic rings. The Labute approximate surface area is 221 Å². The summed E-state index contributed by atoms with van der Waals surface area (Å²) in [6.45, 7) is 7.05. The second-order valence-electron chi connectivity index (χ2n) is 10.5. The quantitative estimate of drug-likeness (QED) is 0.390.